The SMILES string of the molecule is O=C(c1ccccc1)c1oc(-c2ccc(Br)cc2)nc1-c1ccccc1. The van der Waals surface area contributed by atoms with Crippen molar-refractivity contribution in [3.63, 3.8) is 0 Å². The molecule has 0 N–H and O–H groups in total. The van der Waals surface area contributed by atoms with Gasteiger partial charge in [0.15, 0.2) is 0 Å². The molecule has 0 aliphatic heterocycles. The lowest BCUT2D eigenvalue weighted by molar-refractivity contribution is 0.101. The summed E-state index contributed by atoms with van der Waals surface area (Å²) < 4.78 is 6.90. The second kappa shape index (κ2) is 7.10. The third-order valence-corrected chi connectivity index (χ3v) is 4.54. The molecule has 3 nitrogen and oxygen atoms in total. The lowest BCUT2D eigenvalue weighted by Crippen LogP contribution is -2.01. The first-order chi connectivity index (χ1) is 12.7. The number of carbonyl (C=O) groups excluding carboxylic acids is 1. The number of aromatic nitrogens is 1. The molecule has 0 spiro atoms. The smallest absolute Gasteiger partial charge is 0.230 e. The molecule has 4 rings (SSSR count). The number of nitrogens with zero attached hydrogens (tertiary/aromatic N) is 1. The van der Waals surface area contributed by atoms with Gasteiger partial charge in [-0.3, -0.25) is 4.79 Å². The highest BCUT2D eigenvalue weighted by Gasteiger charge is 2.23. The molecule has 126 valence electrons. The zero-order valence-corrected chi connectivity index (χ0v) is 15.3. The Bertz CT molecular complexity index is 1040. The van der Waals surface area contributed by atoms with Gasteiger partial charge in [-0.05, 0) is 24.3 Å². The van der Waals surface area contributed by atoms with E-state index in [1.54, 1.807) is 12.1 Å². The highest BCUT2D eigenvalue weighted by molar-refractivity contribution is 9.10. The van der Waals surface area contributed by atoms with Gasteiger partial charge in [0, 0.05) is 21.2 Å². The fourth-order valence-electron chi connectivity index (χ4n) is 2.70. The van der Waals surface area contributed by atoms with Gasteiger partial charge < -0.3 is 4.42 Å². The van der Waals surface area contributed by atoms with Gasteiger partial charge in [0.1, 0.15) is 5.69 Å². The predicted molar refractivity (Wildman–Crippen MR) is 105 cm³/mol. The van der Waals surface area contributed by atoms with Gasteiger partial charge in [0.2, 0.25) is 17.4 Å². The van der Waals surface area contributed by atoms with E-state index in [1.807, 2.05) is 72.8 Å². The standard InChI is InChI=1S/C22H14BrNO2/c23-18-13-11-17(12-14-18)22-24-19(15-7-3-1-4-8-15)21(26-22)20(25)16-9-5-2-6-10-16/h1-14H. The van der Waals surface area contributed by atoms with Gasteiger partial charge in [-0.15, -0.1) is 0 Å². The Morgan fingerprint density at radius 3 is 2.04 bits per heavy atom. The van der Waals surface area contributed by atoms with Crippen molar-refractivity contribution in [2.45, 2.75) is 0 Å². The van der Waals surface area contributed by atoms with Crippen LogP contribution in [-0.2, 0) is 0 Å². The maximum Gasteiger partial charge on any atom is 0.230 e. The minimum absolute atomic E-state index is 0.180. The molecule has 0 atom stereocenters. The Morgan fingerprint density at radius 1 is 0.769 bits per heavy atom. The minimum Gasteiger partial charge on any atom is -0.432 e. The number of carbonyl (C=O) groups is 1. The number of hydrogen-bond donors (Lipinski definition) is 0. The highest BCUT2D eigenvalue weighted by atomic mass is 79.9. The summed E-state index contributed by atoms with van der Waals surface area (Å²) in [6.45, 7) is 0. The van der Waals surface area contributed by atoms with Gasteiger partial charge in [-0.25, -0.2) is 4.98 Å². The van der Waals surface area contributed by atoms with E-state index in [1.165, 1.54) is 0 Å². The van der Waals surface area contributed by atoms with E-state index >= 15 is 0 Å². The number of oxazole rings is 1. The van der Waals surface area contributed by atoms with Crippen molar-refractivity contribution in [3.05, 3.63) is 101 Å². The predicted octanol–water partition coefficient (Wildman–Crippen LogP) is 6.00. The van der Waals surface area contributed by atoms with Crippen LogP contribution in [0.25, 0.3) is 22.7 Å². The Morgan fingerprint density at radius 2 is 1.38 bits per heavy atom. The molecule has 0 amide bonds. The zero-order chi connectivity index (χ0) is 17.9. The largest absolute Gasteiger partial charge is 0.432 e. The molecular weight excluding hydrogens is 390 g/mol. The average molecular weight is 404 g/mol. The van der Waals surface area contributed by atoms with Gasteiger partial charge in [-0.1, -0.05) is 76.6 Å². The monoisotopic (exact) mass is 403 g/mol. The topological polar surface area (TPSA) is 43.1 Å². The van der Waals surface area contributed by atoms with Gasteiger partial charge >= 0.3 is 0 Å². The molecule has 1 heterocycles. The molecule has 0 aliphatic rings. The van der Waals surface area contributed by atoms with Crippen LogP contribution in [0, 0.1) is 0 Å². The van der Waals surface area contributed by atoms with E-state index in [2.05, 4.69) is 20.9 Å². The lowest BCUT2D eigenvalue weighted by Gasteiger charge is -2.00. The molecule has 4 heteroatoms. The zero-order valence-electron chi connectivity index (χ0n) is 13.7. The second-order valence-corrected chi connectivity index (χ2v) is 6.68. The summed E-state index contributed by atoms with van der Waals surface area (Å²) in [5.41, 5.74) is 2.79. The van der Waals surface area contributed by atoms with E-state index in [9.17, 15) is 4.79 Å². The molecule has 0 unspecified atom stereocenters. The fraction of sp³-hybridized carbons (Fsp3) is 0. The van der Waals surface area contributed by atoms with Crippen LogP contribution in [-0.4, -0.2) is 10.8 Å². The minimum atomic E-state index is -0.180. The first-order valence-electron chi connectivity index (χ1n) is 8.14. The number of ketones is 1. The number of rotatable bonds is 4. The van der Waals surface area contributed by atoms with Crippen LogP contribution in [0.15, 0.2) is 93.8 Å². The summed E-state index contributed by atoms with van der Waals surface area (Å²) in [5, 5.41) is 0. The normalized spacial score (nSPS) is 10.7. The van der Waals surface area contributed by atoms with Crippen molar-refractivity contribution in [2.24, 2.45) is 0 Å². The van der Waals surface area contributed by atoms with Crippen LogP contribution < -0.4 is 0 Å². The summed E-state index contributed by atoms with van der Waals surface area (Å²) in [6.07, 6.45) is 0. The molecule has 0 aliphatic carbocycles. The lowest BCUT2D eigenvalue weighted by atomic mass is 10.0. The molecule has 0 fully saturated rings. The van der Waals surface area contributed by atoms with Crippen molar-refractivity contribution in [1.29, 1.82) is 0 Å². The molecule has 0 saturated carbocycles. The molecule has 26 heavy (non-hydrogen) atoms. The van der Waals surface area contributed by atoms with E-state index < -0.39 is 0 Å². The third-order valence-electron chi connectivity index (χ3n) is 4.01. The van der Waals surface area contributed by atoms with Crippen molar-refractivity contribution in [3.8, 4) is 22.7 Å². The summed E-state index contributed by atoms with van der Waals surface area (Å²) >= 11 is 3.42. The first-order valence-corrected chi connectivity index (χ1v) is 8.93. The fourth-order valence-corrected chi connectivity index (χ4v) is 2.97. The maximum absolute atomic E-state index is 13.0. The van der Waals surface area contributed by atoms with E-state index in [4.69, 9.17) is 4.42 Å². The molecular formula is C22H14BrNO2. The summed E-state index contributed by atoms with van der Waals surface area (Å²) in [6, 6.07) is 26.3. The van der Waals surface area contributed by atoms with Gasteiger partial charge in [0.25, 0.3) is 0 Å². The summed E-state index contributed by atoms with van der Waals surface area (Å²) in [4.78, 5) is 17.6. The Labute approximate surface area is 159 Å². The van der Waals surface area contributed by atoms with E-state index in [0.717, 1.165) is 15.6 Å². The summed E-state index contributed by atoms with van der Waals surface area (Å²) in [7, 11) is 0. The Balaban J connectivity index is 1.86. The van der Waals surface area contributed by atoms with E-state index in [0.29, 0.717) is 17.1 Å². The molecule has 0 bridgehead atoms. The summed E-state index contributed by atoms with van der Waals surface area (Å²) in [5.74, 6) is 0.497. The third kappa shape index (κ3) is 3.24. The van der Waals surface area contributed by atoms with Crippen LogP contribution in [0.1, 0.15) is 16.1 Å². The molecule has 0 radical (unpaired) electrons. The number of benzene rings is 3. The van der Waals surface area contributed by atoms with Crippen molar-refractivity contribution in [1.82, 2.24) is 4.98 Å². The van der Waals surface area contributed by atoms with Gasteiger partial charge in [-0.2, -0.15) is 0 Å². The first kappa shape index (κ1) is 16.5. The highest BCUT2D eigenvalue weighted by Crippen LogP contribution is 2.31. The second-order valence-electron chi connectivity index (χ2n) is 5.76. The molecule has 1 aromatic heterocycles. The Hall–Kier alpha value is -2.98. The molecule has 4 aromatic rings. The molecule has 0 saturated heterocycles. The number of hydrogen-bond acceptors (Lipinski definition) is 3. The van der Waals surface area contributed by atoms with Gasteiger partial charge in [0.05, 0.1) is 0 Å². The van der Waals surface area contributed by atoms with Crippen molar-refractivity contribution in [2.75, 3.05) is 0 Å². The van der Waals surface area contributed by atoms with Crippen LogP contribution in [0.2, 0.25) is 0 Å². The number of halogens is 1. The maximum atomic E-state index is 13.0. The van der Waals surface area contributed by atoms with Crippen molar-refractivity contribution < 1.29 is 9.21 Å². The van der Waals surface area contributed by atoms with Crippen LogP contribution in [0.5, 0.6) is 0 Å². The Kier molecular flexibility index (Phi) is 4.50. The van der Waals surface area contributed by atoms with Crippen LogP contribution in [0.4, 0.5) is 0 Å². The average Bonchev–Trinajstić information content (AvgIpc) is 3.15. The van der Waals surface area contributed by atoms with Crippen LogP contribution in [0.3, 0.4) is 0 Å². The quantitative estimate of drug-likeness (QED) is 0.392. The van der Waals surface area contributed by atoms with Crippen molar-refractivity contribution >= 4 is 21.7 Å². The molecule has 3 aromatic carbocycles. The van der Waals surface area contributed by atoms with E-state index in [-0.39, 0.29) is 11.5 Å². The van der Waals surface area contributed by atoms with Crippen LogP contribution >= 0.6 is 15.9 Å².